The van der Waals surface area contributed by atoms with Gasteiger partial charge in [-0.2, -0.15) is 0 Å². The third kappa shape index (κ3) is 6.05. The zero-order chi connectivity index (χ0) is 25.4. The van der Waals surface area contributed by atoms with Gasteiger partial charge in [0, 0.05) is 6.07 Å². The monoisotopic (exact) mass is 498 g/mol. The van der Waals surface area contributed by atoms with Gasteiger partial charge in [-0.05, 0) is 48.4 Å². The average Bonchev–Trinajstić information content (AvgIpc) is 2.90. The summed E-state index contributed by atoms with van der Waals surface area (Å²) in [7, 11) is 0.389. The summed E-state index contributed by atoms with van der Waals surface area (Å²) in [4.78, 5) is 13.1. The van der Waals surface area contributed by atoms with Crippen LogP contribution in [0, 0.1) is 0 Å². The van der Waals surface area contributed by atoms with Crippen LogP contribution in [0.15, 0.2) is 77.7 Å². The number of anilines is 1. The van der Waals surface area contributed by atoms with Gasteiger partial charge in [0.05, 0.1) is 38.0 Å². The third-order valence-corrected chi connectivity index (χ3v) is 7.31. The van der Waals surface area contributed by atoms with Gasteiger partial charge in [-0.1, -0.05) is 37.3 Å². The molecule has 0 unspecified atom stereocenters. The fraction of sp³-hybridized carbons (Fsp3) is 0.269. The van der Waals surface area contributed by atoms with Crippen LogP contribution in [0.25, 0.3) is 0 Å². The van der Waals surface area contributed by atoms with Crippen molar-refractivity contribution in [3.63, 3.8) is 0 Å². The molecule has 9 heteroatoms. The third-order valence-electron chi connectivity index (χ3n) is 5.54. The number of benzene rings is 3. The topological polar surface area (TPSA) is 94.2 Å². The number of carbonyl (C=O) groups is 1. The van der Waals surface area contributed by atoms with Gasteiger partial charge < -0.3 is 19.5 Å². The van der Waals surface area contributed by atoms with Gasteiger partial charge in [0.25, 0.3) is 10.0 Å². The summed E-state index contributed by atoms with van der Waals surface area (Å²) in [5.74, 6) is 0.962. The van der Waals surface area contributed by atoms with Crippen molar-refractivity contribution in [1.82, 2.24) is 5.32 Å². The van der Waals surface area contributed by atoms with Gasteiger partial charge in [0.2, 0.25) is 5.91 Å². The van der Waals surface area contributed by atoms with Crippen molar-refractivity contribution >= 4 is 21.6 Å². The van der Waals surface area contributed by atoms with E-state index in [4.69, 9.17) is 14.2 Å². The van der Waals surface area contributed by atoms with Crippen LogP contribution in [-0.2, 0) is 14.8 Å². The number of nitrogens with zero attached hydrogens (tertiary/aromatic N) is 1. The average molecular weight is 499 g/mol. The number of methoxy groups -OCH3 is 3. The van der Waals surface area contributed by atoms with E-state index in [2.05, 4.69) is 5.32 Å². The number of carbonyl (C=O) groups excluding carboxylic acids is 1. The minimum absolute atomic E-state index is 0.0194. The van der Waals surface area contributed by atoms with E-state index in [1.54, 1.807) is 37.4 Å². The molecule has 1 amide bonds. The maximum Gasteiger partial charge on any atom is 0.264 e. The van der Waals surface area contributed by atoms with Crippen LogP contribution in [0.5, 0.6) is 17.2 Å². The summed E-state index contributed by atoms with van der Waals surface area (Å²) in [5, 5.41) is 2.95. The second-order valence-corrected chi connectivity index (χ2v) is 9.53. The van der Waals surface area contributed by atoms with E-state index in [0.29, 0.717) is 23.6 Å². The summed E-state index contributed by atoms with van der Waals surface area (Å²) in [6.07, 6.45) is 0.631. The molecule has 0 saturated carbocycles. The lowest BCUT2D eigenvalue weighted by Gasteiger charge is -2.26. The first-order valence-corrected chi connectivity index (χ1v) is 12.5. The molecule has 0 spiro atoms. The van der Waals surface area contributed by atoms with E-state index in [0.717, 1.165) is 9.87 Å². The summed E-state index contributed by atoms with van der Waals surface area (Å²) in [5.41, 5.74) is 1.27. The number of hydrogen-bond acceptors (Lipinski definition) is 6. The molecule has 0 aliphatic carbocycles. The first kappa shape index (κ1) is 25.9. The molecule has 3 rings (SSSR count). The van der Waals surface area contributed by atoms with E-state index in [1.807, 2.05) is 31.2 Å². The first-order chi connectivity index (χ1) is 16.8. The molecule has 35 heavy (non-hydrogen) atoms. The molecule has 3 aromatic carbocycles. The lowest BCUT2D eigenvalue weighted by Crippen LogP contribution is -2.42. The second kappa shape index (κ2) is 11.6. The Bertz CT molecular complexity index is 1230. The molecule has 1 atom stereocenters. The van der Waals surface area contributed by atoms with Crippen LogP contribution in [0.1, 0.15) is 24.9 Å². The summed E-state index contributed by atoms with van der Waals surface area (Å²) < 4.78 is 44.1. The van der Waals surface area contributed by atoms with Crippen LogP contribution in [0.2, 0.25) is 0 Å². The van der Waals surface area contributed by atoms with Crippen molar-refractivity contribution in [3.8, 4) is 17.2 Å². The molecule has 8 nitrogen and oxygen atoms in total. The van der Waals surface area contributed by atoms with E-state index < -0.39 is 22.5 Å². The smallest absolute Gasteiger partial charge is 0.264 e. The Morgan fingerprint density at radius 1 is 0.886 bits per heavy atom. The standard InChI is InChI=1S/C26H30N2O6S/c1-5-23(19-11-13-21(32-2)14-12-19)27-26(29)18-28(20-9-7-6-8-10-20)35(30,31)22-15-16-24(33-3)25(17-22)34-4/h6-17,23H,5,18H2,1-4H3,(H,27,29)/t23-/m1/s1. The minimum atomic E-state index is -4.10. The lowest BCUT2D eigenvalue weighted by atomic mass is 10.0. The van der Waals surface area contributed by atoms with Crippen LogP contribution in [0.4, 0.5) is 5.69 Å². The number of sulfonamides is 1. The molecule has 0 aliphatic rings. The zero-order valence-electron chi connectivity index (χ0n) is 20.2. The molecule has 0 fully saturated rings. The Labute approximate surface area is 206 Å². The molecular weight excluding hydrogens is 468 g/mol. The Balaban J connectivity index is 1.91. The summed E-state index contributed by atoms with van der Waals surface area (Å²) in [6, 6.07) is 20.0. The predicted molar refractivity (Wildman–Crippen MR) is 135 cm³/mol. The summed E-state index contributed by atoms with van der Waals surface area (Å²) in [6.45, 7) is 1.55. The largest absolute Gasteiger partial charge is 0.497 e. The van der Waals surface area contributed by atoms with Gasteiger partial charge >= 0.3 is 0 Å². The van der Waals surface area contributed by atoms with Crippen molar-refractivity contribution < 1.29 is 27.4 Å². The van der Waals surface area contributed by atoms with Gasteiger partial charge in [-0.3, -0.25) is 9.10 Å². The second-order valence-electron chi connectivity index (χ2n) is 7.67. The molecule has 3 aromatic rings. The van der Waals surface area contributed by atoms with Gasteiger partial charge in [-0.25, -0.2) is 8.42 Å². The zero-order valence-corrected chi connectivity index (χ0v) is 21.0. The van der Waals surface area contributed by atoms with E-state index in [-0.39, 0.29) is 16.7 Å². The van der Waals surface area contributed by atoms with Crippen LogP contribution in [-0.4, -0.2) is 42.2 Å². The molecule has 0 radical (unpaired) electrons. The van der Waals surface area contributed by atoms with Crippen molar-refractivity contribution in [1.29, 1.82) is 0 Å². The SMILES string of the molecule is CC[C@@H](NC(=O)CN(c1ccccc1)S(=O)(=O)c1ccc(OC)c(OC)c1)c1ccc(OC)cc1. The van der Waals surface area contributed by atoms with Crippen molar-refractivity contribution in [3.05, 3.63) is 78.4 Å². The highest BCUT2D eigenvalue weighted by molar-refractivity contribution is 7.92. The fourth-order valence-corrected chi connectivity index (χ4v) is 5.08. The number of rotatable bonds is 11. The molecular formula is C26H30N2O6S. The molecule has 0 heterocycles. The molecule has 1 N–H and O–H groups in total. The van der Waals surface area contributed by atoms with Gasteiger partial charge in [0.15, 0.2) is 11.5 Å². The van der Waals surface area contributed by atoms with E-state index >= 15 is 0 Å². The maximum atomic E-state index is 13.7. The van der Waals surface area contributed by atoms with Crippen molar-refractivity contribution in [2.45, 2.75) is 24.3 Å². The highest BCUT2D eigenvalue weighted by atomic mass is 32.2. The minimum Gasteiger partial charge on any atom is -0.497 e. The van der Waals surface area contributed by atoms with E-state index in [1.165, 1.54) is 32.4 Å². The fourth-order valence-electron chi connectivity index (χ4n) is 3.64. The van der Waals surface area contributed by atoms with Crippen molar-refractivity contribution in [2.24, 2.45) is 0 Å². The number of amides is 1. The maximum absolute atomic E-state index is 13.7. The van der Waals surface area contributed by atoms with Crippen molar-refractivity contribution in [2.75, 3.05) is 32.2 Å². The first-order valence-electron chi connectivity index (χ1n) is 11.1. The Hall–Kier alpha value is -3.72. The molecule has 186 valence electrons. The predicted octanol–water partition coefficient (Wildman–Crippen LogP) is 4.18. The Morgan fingerprint density at radius 3 is 2.11 bits per heavy atom. The quantitative estimate of drug-likeness (QED) is 0.426. The van der Waals surface area contributed by atoms with E-state index in [9.17, 15) is 13.2 Å². The number of para-hydroxylation sites is 1. The van der Waals surface area contributed by atoms with Gasteiger partial charge in [0.1, 0.15) is 12.3 Å². The van der Waals surface area contributed by atoms with Crippen LogP contribution < -0.4 is 23.8 Å². The highest BCUT2D eigenvalue weighted by Crippen LogP contribution is 2.32. The Morgan fingerprint density at radius 2 is 1.54 bits per heavy atom. The molecule has 0 bridgehead atoms. The Kier molecular flexibility index (Phi) is 8.59. The van der Waals surface area contributed by atoms with Crippen LogP contribution >= 0.6 is 0 Å². The van der Waals surface area contributed by atoms with Crippen LogP contribution in [0.3, 0.4) is 0 Å². The molecule has 0 aliphatic heterocycles. The normalized spacial score (nSPS) is 11.9. The summed E-state index contributed by atoms with van der Waals surface area (Å²) >= 11 is 0. The number of nitrogens with one attached hydrogen (secondary N) is 1. The molecule has 0 saturated heterocycles. The van der Waals surface area contributed by atoms with Gasteiger partial charge in [-0.15, -0.1) is 0 Å². The lowest BCUT2D eigenvalue weighted by molar-refractivity contribution is -0.120. The number of hydrogen-bond donors (Lipinski definition) is 1. The highest BCUT2D eigenvalue weighted by Gasteiger charge is 2.29. The number of ether oxygens (including phenoxy) is 3. The molecule has 0 aromatic heterocycles.